The van der Waals surface area contributed by atoms with Gasteiger partial charge in [0.25, 0.3) is 0 Å². The van der Waals surface area contributed by atoms with Crippen molar-refractivity contribution in [1.82, 2.24) is 5.32 Å². The smallest absolute Gasteiger partial charge is 0.0743 e. The van der Waals surface area contributed by atoms with E-state index in [0.717, 1.165) is 6.54 Å². The average molecular weight is 173 g/mol. The quantitative estimate of drug-likeness (QED) is 0.691. The molecule has 1 aromatic rings. The highest BCUT2D eigenvalue weighted by molar-refractivity contribution is 5.16. The van der Waals surface area contributed by atoms with Crippen molar-refractivity contribution in [2.24, 2.45) is 0 Å². The molecule has 0 heterocycles. The predicted molar refractivity (Wildman–Crippen MR) is 56.2 cm³/mol. The molecule has 1 aromatic carbocycles. The van der Waals surface area contributed by atoms with Gasteiger partial charge in [0.2, 0.25) is 0 Å². The Hall–Kier alpha value is -1.26. The predicted octanol–water partition coefficient (Wildman–Crippen LogP) is 2.19. The van der Waals surface area contributed by atoms with Crippen LogP contribution in [0.5, 0.6) is 0 Å². The van der Waals surface area contributed by atoms with E-state index in [1.807, 2.05) is 32.0 Å². The number of hydrogen-bond acceptors (Lipinski definition) is 1. The second-order valence-electron chi connectivity index (χ2n) is 3.61. The molecule has 1 N–H and O–H groups in total. The lowest BCUT2D eigenvalue weighted by molar-refractivity contribution is 0.491. The lowest BCUT2D eigenvalue weighted by Gasteiger charge is -2.19. The number of rotatable bonds is 3. The number of benzene rings is 1. The van der Waals surface area contributed by atoms with Gasteiger partial charge in [-0.05, 0) is 19.4 Å². The van der Waals surface area contributed by atoms with Crippen LogP contribution in [0.1, 0.15) is 19.4 Å². The van der Waals surface area contributed by atoms with Gasteiger partial charge in [-0.25, -0.2) is 0 Å². The molecule has 0 aliphatic rings. The molecule has 13 heavy (non-hydrogen) atoms. The number of terminal acetylenes is 1. The van der Waals surface area contributed by atoms with E-state index in [-0.39, 0.29) is 5.54 Å². The van der Waals surface area contributed by atoms with Crippen LogP contribution in [0.25, 0.3) is 0 Å². The zero-order valence-electron chi connectivity index (χ0n) is 8.17. The topological polar surface area (TPSA) is 12.0 Å². The third-order valence-electron chi connectivity index (χ3n) is 1.94. The Bertz CT molecular complexity index is 293. The van der Waals surface area contributed by atoms with Crippen molar-refractivity contribution in [2.45, 2.75) is 25.9 Å². The van der Waals surface area contributed by atoms with Crippen molar-refractivity contribution in [2.75, 3.05) is 0 Å². The first-order valence-electron chi connectivity index (χ1n) is 4.41. The Kier molecular flexibility index (Phi) is 3.11. The van der Waals surface area contributed by atoms with Gasteiger partial charge in [0.1, 0.15) is 0 Å². The summed E-state index contributed by atoms with van der Waals surface area (Å²) in [6.07, 6.45) is 5.36. The number of hydrogen-bond donors (Lipinski definition) is 1. The van der Waals surface area contributed by atoms with E-state index in [1.165, 1.54) is 5.56 Å². The fraction of sp³-hybridized carbons (Fsp3) is 0.333. The molecule has 0 saturated carbocycles. The Morgan fingerprint density at radius 2 is 1.92 bits per heavy atom. The molecular formula is C12H15N. The Morgan fingerprint density at radius 3 is 2.46 bits per heavy atom. The van der Waals surface area contributed by atoms with E-state index in [9.17, 15) is 0 Å². The molecule has 0 atom stereocenters. The second kappa shape index (κ2) is 4.11. The molecule has 1 rings (SSSR count). The van der Waals surface area contributed by atoms with Crippen molar-refractivity contribution in [3.05, 3.63) is 35.9 Å². The van der Waals surface area contributed by atoms with Crippen LogP contribution in [0.4, 0.5) is 0 Å². The van der Waals surface area contributed by atoms with Crippen molar-refractivity contribution < 1.29 is 0 Å². The van der Waals surface area contributed by atoms with Gasteiger partial charge in [-0.3, -0.25) is 5.32 Å². The Morgan fingerprint density at radius 1 is 1.31 bits per heavy atom. The largest absolute Gasteiger partial charge is 0.298 e. The highest BCUT2D eigenvalue weighted by atomic mass is 14.9. The lowest BCUT2D eigenvalue weighted by atomic mass is 10.1. The fourth-order valence-corrected chi connectivity index (χ4v) is 0.970. The molecule has 0 aliphatic carbocycles. The third kappa shape index (κ3) is 3.31. The van der Waals surface area contributed by atoms with Gasteiger partial charge < -0.3 is 0 Å². The molecule has 0 spiro atoms. The van der Waals surface area contributed by atoms with Crippen molar-refractivity contribution in [1.29, 1.82) is 0 Å². The van der Waals surface area contributed by atoms with Crippen molar-refractivity contribution in [3.63, 3.8) is 0 Å². The third-order valence-corrected chi connectivity index (χ3v) is 1.94. The highest BCUT2D eigenvalue weighted by Crippen LogP contribution is 2.03. The summed E-state index contributed by atoms with van der Waals surface area (Å²) >= 11 is 0. The minimum atomic E-state index is -0.226. The summed E-state index contributed by atoms with van der Waals surface area (Å²) in [5.74, 6) is 2.70. The van der Waals surface area contributed by atoms with E-state index in [4.69, 9.17) is 6.42 Å². The molecule has 0 unspecified atom stereocenters. The van der Waals surface area contributed by atoms with Gasteiger partial charge in [-0.1, -0.05) is 36.3 Å². The van der Waals surface area contributed by atoms with Crippen LogP contribution in [-0.2, 0) is 6.54 Å². The summed E-state index contributed by atoms with van der Waals surface area (Å²) < 4.78 is 0. The van der Waals surface area contributed by atoms with Gasteiger partial charge in [0.05, 0.1) is 5.54 Å². The first-order chi connectivity index (χ1) is 6.14. The maximum atomic E-state index is 5.36. The Balaban J connectivity index is 2.50. The van der Waals surface area contributed by atoms with Crippen molar-refractivity contribution >= 4 is 0 Å². The first kappa shape index (κ1) is 9.83. The van der Waals surface area contributed by atoms with Crippen LogP contribution in [0, 0.1) is 12.3 Å². The zero-order valence-corrected chi connectivity index (χ0v) is 8.17. The summed E-state index contributed by atoms with van der Waals surface area (Å²) in [6.45, 7) is 4.81. The van der Waals surface area contributed by atoms with Crippen LogP contribution in [0.2, 0.25) is 0 Å². The van der Waals surface area contributed by atoms with Crippen LogP contribution in [0.15, 0.2) is 30.3 Å². The van der Waals surface area contributed by atoms with Crippen LogP contribution >= 0.6 is 0 Å². The maximum Gasteiger partial charge on any atom is 0.0743 e. The van der Waals surface area contributed by atoms with E-state index in [2.05, 4.69) is 23.4 Å². The van der Waals surface area contributed by atoms with E-state index in [1.54, 1.807) is 0 Å². The second-order valence-corrected chi connectivity index (χ2v) is 3.61. The maximum absolute atomic E-state index is 5.36. The molecule has 68 valence electrons. The molecule has 0 saturated heterocycles. The summed E-state index contributed by atoms with van der Waals surface area (Å²) in [6, 6.07) is 10.2. The summed E-state index contributed by atoms with van der Waals surface area (Å²) in [5.41, 5.74) is 1.03. The lowest BCUT2D eigenvalue weighted by Crippen LogP contribution is -2.36. The first-order valence-corrected chi connectivity index (χ1v) is 4.41. The van der Waals surface area contributed by atoms with E-state index in [0.29, 0.717) is 0 Å². The zero-order chi connectivity index (χ0) is 9.73. The molecule has 1 nitrogen and oxygen atoms in total. The SMILES string of the molecule is C#CC(C)(C)NCc1ccccc1. The van der Waals surface area contributed by atoms with Crippen LogP contribution in [0.3, 0.4) is 0 Å². The summed E-state index contributed by atoms with van der Waals surface area (Å²) in [5, 5.41) is 3.29. The van der Waals surface area contributed by atoms with Crippen LogP contribution in [-0.4, -0.2) is 5.54 Å². The van der Waals surface area contributed by atoms with Gasteiger partial charge >= 0.3 is 0 Å². The fourth-order valence-electron chi connectivity index (χ4n) is 0.970. The van der Waals surface area contributed by atoms with Gasteiger partial charge in [0, 0.05) is 6.54 Å². The standard InChI is InChI=1S/C12H15N/c1-4-12(2,3)13-10-11-8-6-5-7-9-11/h1,5-9,13H,10H2,2-3H3. The molecule has 0 bridgehead atoms. The van der Waals surface area contributed by atoms with Crippen LogP contribution < -0.4 is 5.32 Å². The van der Waals surface area contributed by atoms with E-state index >= 15 is 0 Å². The van der Waals surface area contributed by atoms with E-state index < -0.39 is 0 Å². The molecule has 0 aliphatic heterocycles. The van der Waals surface area contributed by atoms with Crippen molar-refractivity contribution in [3.8, 4) is 12.3 Å². The molecule has 0 amide bonds. The Labute approximate surface area is 80.2 Å². The minimum absolute atomic E-state index is 0.226. The monoisotopic (exact) mass is 173 g/mol. The molecular weight excluding hydrogens is 158 g/mol. The van der Waals surface area contributed by atoms with Gasteiger partial charge in [-0.15, -0.1) is 6.42 Å². The van der Waals surface area contributed by atoms with Gasteiger partial charge in [-0.2, -0.15) is 0 Å². The average Bonchev–Trinajstić information content (AvgIpc) is 2.17. The normalized spacial score (nSPS) is 10.8. The number of nitrogens with one attached hydrogen (secondary N) is 1. The summed E-state index contributed by atoms with van der Waals surface area (Å²) in [4.78, 5) is 0. The summed E-state index contributed by atoms with van der Waals surface area (Å²) in [7, 11) is 0. The molecule has 1 heteroatoms. The minimum Gasteiger partial charge on any atom is -0.298 e. The molecule has 0 radical (unpaired) electrons. The molecule has 0 fully saturated rings. The molecule has 0 aromatic heterocycles. The van der Waals surface area contributed by atoms with Gasteiger partial charge in [0.15, 0.2) is 0 Å². The highest BCUT2D eigenvalue weighted by Gasteiger charge is 2.11.